The van der Waals surface area contributed by atoms with Crippen molar-refractivity contribution in [3.8, 4) is 0 Å². The number of nitrogens with one attached hydrogen (secondary N) is 1. The van der Waals surface area contributed by atoms with Gasteiger partial charge in [0.1, 0.15) is 0 Å². The Morgan fingerprint density at radius 2 is 0.912 bits per heavy atom. The molecule has 6 heteroatoms. The van der Waals surface area contributed by atoms with Gasteiger partial charge in [-0.15, -0.1) is 0 Å². The number of ether oxygens (including phenoxy) is 1. The van der Waals surface area contributed by atoms with Crippen molar-refractivity contribution in [3.63, 3.8) is 0 Å². The van der Waals surface area contributed by atoms with Crippen LogP contribution < -0.4 is 5.32 Å². The fraction of sp³-hybridized carbons (Fsp3) is 0.843. The fourth-order valence-electron chi connectivity index (χ4n) is 7.32. The van der Waals surface area contributed by atoms with E-state index in [2.05, 4.69) is 55.6 Å². The third-order valence-electron chi connectivity index (χ3n) is 11.1. The van der Waals surface area contributed by atoms with Crippen molar-refractivity contribution in [2.45, 2.75) is 264 Å². The molecule has 2 atom stereocenters. The minimum Gasteiger partial charge on any atom is -0.466 e. The molecule has 0 aliphatic heterocycles. The number of esters is 1. The average Bonchev–Trinajstić information content (AvgIpc) is 3.21. The molecule has 0 aliphatic rings. The highest BCUT2D eigenvalue weighted by molar-refractivity contribution is 5.76. The molecule has 2 unspecified atom stereocenters. The summed E-state index contributed by atoms with van der Waals surface area (Å²) in [5.74, 6) is -0.124. The maximum atomic E-state index is 12.4. The summed E-state index contributed by atoms with van der Waals surface area (Å²) in [6, 6.07) is -0.568. The number of allylic oxidation sites excluding steroid dienone is 6. The van der Waals surface area contributed by atoms with Gasteiger partial charge in [-0.3, -0.25) is 9.59 Å². The number of hydrogen-bond acceptors (Lipinski definition) is 5. The largest absolute Gasteiger partial charge is 0.466 e. The van der Waals surface area contributed by atoms with Crippen molar-refractivity contribution in [1.82, 2.24) is 5.32 Å². The lowest BCUT2D eigenvalue weighted by Crippen LogP contribution is -2.45. The number of carbonyl (C=O) groups is 2. The smallest absolute Gasteiger partial charge is 0.305 e. The third-order valence-corrected chi connectivity index (χ3v) is 11.1. The van der Waals surface area contributed by atoms with Crippen LogP contribution in [0, 0.1) is 0 Å². The zero-order valence-corrected chi connectivity index (χ0v) is 37.8. The van der Waals surface area contributed by atoms with Crippen LogP contribution >= 0.6 is 0 Å². The average molecular weight is 802 g/mol. The first-order valence-corrected chi connectivity index (χ1v) is 24.7. The van der Waals surface area contributed by atoms with E-state index < -0.39 is 12.1 Å². The molecule has 0 spiro atoms. The summed E-state index contributed by atoms with van der Waals surface area (Å²) >= 11 is 0. The van der Waals surface area contributed by atoms with Crippen LogP contribution in [0.2, 0.25) is 0 Å². The summed E-state index contributed by atoms with van der Waals surface area (Å²) in [7, 11) is 0. The highest BCUT2D eigenvalue weighted by atomic mass is 16.5. The van der Waals surface area contributed by atoms with Crippen LogP contribution in [0.1, 0.15) is 251 Å². The molecule has 3 N–H and O–H groups in total. The van der Waals surface area contributed by atoms with Crippen LogP contribution in [0.25, 0.3) is 0 Å². The first kappa shape index (κ1) is 55.1. The van der Waals surface area contributed by atoms with Gasteiger partial charge in [-0.25, -0.2) is 0 Å². The maximum absolute atomic E-state index is 12.4. The van der Waals surface area contributed by atoms with Crippen molar-refractivity contribution in [2.75, 3.05) is 13.2 Å². The quantitative estimate of drug-likeness (QED) is 0.0324. The van der Waals surface area contributed by atoms with Gasteiger partial charge in [0.2, 0.25) is 5.91 Å². The molecule has 57 heavy (non-hydrogen) atoms. The summed E-state index contributed by atoms with van der Waals surface area (Å²) in [6.45, 7) is 4.79. The van der Waals surface area contributed by atoms with Gasteiger partial charge in [-0.2, -0.15) is 0 Å². The van der Waals surface area contributed by atoms with Crippen LogP contribution in [-0.2, 0) is 14.3 Å². The van der Waals surface area contributed by atoms with Gasteiger partial charge in [-0.05, 0) is 77.0 Å². The first-order valence-electron chi connectivity index (χ1n) is 24.7. The molecule has 0 aromatic carbocycles. The molecule has 6 nitrogen and oxygen atoms in total. The second-order valence-electron chi connectivity index (χ2n) is 16.8. The van der Waals surface area contributed by atoms with E-state index in [0.29, 0.717) is 25.9 Å². The van der Waals surface area contributed by atoms with Crippen LogP contribution in [0.3, 0.4) is 0 Å². The van der Waals surface area contributed by atoms with Gasteiger partial charge in [0.25, 0.3) is 0 Å². The van der Waals surface area contributed by atoms with Gasteiger partial charge in [-0.1, -0.05) is 198 Å². The van der Waals surface area contributed by atoms with Gasteiger partial charge in [0.15, 0.2) is 0 Å². The minimum atomic E-state index is -0.687. The van der Waals surface area contributed by atoms with Gasteiger partial charge < -0.3 is 20.3 Å². The Morgan fingerprint density at radius 1 is 0.491 bits per heavy atom. The second-order valence-corrected chi connectivity index (χ2v) is 16.8. The van der Waals surface area contributed by atoms with Crippen LogP contribution in [-0.4, -0.2) is 47.4 Å². The van der Waals surface area contributed by atoms with E-state index in [0.717, 1.165) is 89.9 Å². The Morgan fingerprint density at radius 3 is 1.42 bits per heavy atom. The van der Waals surface area contributed by atoms with Crippen LogP contribution in [0.5, 0.6) is 0 Å². The Balaban J connectivity index is 3.55. The second kappa shape index (κ2) is 46.8. The fourth-order valence-corrected chi connectivity index (χ4v) is 7.32. The molecule has 0 aromatic heterocycles. The standard InChI is InChI=1S/C51H95NO5/c1-3-5-7-9-11-13-15-17-18-19-20-22-23-27-31-35-39-43-49(54)48(47-53)52-50(55)44-40-36-32-28-25-26-30-34-38-42-46-57-51(56)45-41-37-33-29-24-21-16-14-12-10-8-6-4-2/h8,10,14,16,26,30,48-49,53-54H,3-7,9,11-13,15,17-25,27-29,31-47H2,1-2H3,(H,52,55)/b10-8-,16-14-,30-26-. The summed E-state index contributed by atoms with van der Waals surface area (Å²) in [4.78, 5) is 24.4. The molecule has 0 aromatic rings. The molecule has 0 radical (unpaired) electrons. The molecule has 0 fully saturated rings. The highest BCUT2D eigenvalue weighted by Crippen LogP contribution is 2.16. The Labute approximate surface area is 353 Å². The van der Waals surface area contributed by atoms with Crippen molar-refractivity contribution >= 4 is 11.9 Å². The van der Waals surface area contributed by atoms with Crippen molar-refractivity contribution in [3.05, 3.63) is 36.5 Å². The SMILES string of the molecule is CCC/C=C\C/C=C\CCCCCCCC(=O)OCCCC/C=C\CCCCCCC(=O)NC(CO)C(O)CCCCCCCCCCCCCCCCCCC. The summed E-state index contributed by atoms with van der Waals surface area (Å²) in [5.41, 5.74) is 0. The molecule has 0 bridgehead atoms. The molecular weight excluding hydrogens is 707 g/mol. The predicted octanol–water partition coefficient (Wildman–Crippen LogP) is 14.5. The van der Waals surface area contributed by atoms with E-state index in [1.807, 2.05) is 0 Å². The monoisotopic (exact) mass is 802 g/mol. The first-order chi connectivity index (χ1) is 28.0. The molecule has 0 aliphatic carbocycles. The lowest BCUT2D eigenvalue weighted by atomic mass is 10.0. The Kier molecular flexibility index (Phi) is 45.2. The van der Waals surface area contributed by atoms with E-state index in [9.17, 15) is 19.8 Å². The molecule has 0 heterocycles. The van der Waals surface area contributed by atoms with Crippen molar-refractivity contribution in [1.29, 1.82) is 0 Å². The number of carbonyl (C=O) groups excluding carboxylic acids is 2. The number of aliphatic hydroxyl groups is 2. The molecule has 0 saturated carbocycles. The van der Waals surface area contributed by atoms with Crippen LogP contribution in [0.15, 0.2) is 36.5 Å². The minimum absolute atomic E-state index is 0.0521. The molecule has 334 valence electrons. The zero-order chi connectivity index (χ0) is 41.5. The van der Waals surface area contributed by atoms with Crippen molar-refractivity contribution < 1.29 is 24.5 Å². The lowest BCUT2D eigenvalue weighted by Gasteiger charge is -2.22. The van der Waals surface area contributed by atoms with Crippen molar-refractivity contribution in [2.24, 2.45) is 0 Å². The lowest BCUT2D eigenvalue weighted by molar-refractivity contribution is -0.143. The van der Waals surface area contributed by atoms with Gasteiger partial charge in [0, 0.05) is 12.8 Å². The number of rotatable bonds is 45. The van der Waals surface area contributed by atoms with E-state index in [1.54, 1.807) is 0 Å². The van der Waals surface area contributed by atoms with Gasteiger partial charge in [0.05, 0.1) is 25.4 Å². The molecule has 0 rings (SSSR count). The van der Waals surface area contributed by atoms with Crippen LogP contribution in [0.4, 0.5) is 0 Å². The maximum Gasteiger partial charge on any atom is 0.305 e. The summed E-state index contributed by atoms with van der Waals surface area (Å²) in [5, 5.41) is 23.2. The zero-order valence-electron chi connectivity index (χ0n) is 37.8. The Hall–Kier alpha value is -1.92. The van der Waals surface area contributed by atoms with E-state index in [4.69, 9.17) is 4.74 Å². The normalized spacial score (nSPS) is 13.0. The molecular formula is C51H95NO5. The number of hydrogen-bond donors (Lipinski definition) is 3. The Bertz CT molecular complexity index is 931. The highest BCUT2D eigenvalue weighted by Gasteiger charge is 2.20. The van der Waals surface area contributed by atoms with E-state index in [-0.39, 0.29) is 18.5 Å². The number of amides is 1. The number of aliphatic hydroxyl groups excluding tert-OH is 2. The topological polar surface area (TPSA) is 95.9 Å². The third kappa shape index (κ3) is 43.5. The van der Waals surface area contributed by atoms with E-state index >= 15 is 0 Å². The molecule has 0 saturated heterocycles. The summed E-state index contributed by atoms with van der Waals surface area (Å²) < 4.78 is 5.41. The van der Waals surface area contributed by atoms with E-state index in [1.165, 1.54) is 128 Å². The summed E-state index contributed by atoms with van der Waals surface area (Å²) in [6.07, 6.45) is 55.4. The molecule has 1 amide bonds. The number of unbranched alkanes of at least 4 members (excludes halogenated alkanes) is 28. The predicted molar refractivity (Wildman–Crippen MR) is 246 cm³/mol. The van der Waals surface area contributed by atoms with Gasteiger partial charge >= 0.3 is 5.97 Å².